The predicted octanol–water partition coefficient (Wildman–Crippen LogP) is 3.87. The van der Waals surface area contributed by atoms with Crippen molar-refractivity contribution in [3.63, 3.8) is 0 Å². The average Bonchev–Trinajstić information content (AvgIpc) is 3.17. The van der Waals surface area contributed by atoms with Crippen molar-refractivity contribution >= 4 is 0 Å². The van der Waals surface area contributed by atoms with Crippen LogP contribution in [0.3, 0.4) is 0 Å². The van der Waals surface area contributed by atoms with Gasteiger partial charge in [-0.3, -0.25) is 4.90 Å². The van der Waals surface area contributed by atoms with Gasteiger partial charge in [0.15, 0.2) is 0 Å². The molecule has 1 aliphatic carbocycles. The van der Waals surface area contributed by atoms with E-state index in [0.717, 1.165) is 37.4 Å². The Morgan fingerprint density at radius 3 is 1.77 bits per heavy atom. The summed E-state index contributed by atoms with van der Waals surface area (Å²) in [6, 6.07) is 17.0. The molecular weight excluding hydrogens is 326 g/mol. The molecule has 4 heteroatoms. The van der Waals surface area contributed by atoms with Crippen molar-refractivity contribution in [3.05, 3.63) is 59.7 Å². The molecule has 0 aliphatic heterocycles. The second-order valence-corrected chi connectivity index (χ2v) is 7.04. The van der Waals surface area contributed by atoms with Gasteiger partial charge in [-0.1, -0.05) is 30.7 Å². The number of benzene rings is 2. The highest BCUT2D eigenvalue weighted by atomic mass is 16.5. The van der Waals surface area contributed by atoms with E-state index < -0.39 is 0 Å². The molecule has 1 N–H and O–H groups in total. The Hall–Kier alpha value is -2.04. The van der Waals surface area contributed by atoms with Crippen molar-refractivity contribution < 1.29 is 14.6 Å². The molecule has 0 saturated heterocycles. The molecule has 0 amide bonds. The van der Waals surface area contributed by atoms with E-state index >= 15 is 0 Å². The van der Waals surface area contributed by atoms with Crippen LogP contribution in [0.2, 0.25) is 0 Å². The highest BCUT2D eigenvalue weighted by molar-refractivity contribution is 5.29. The van der Waals surface area contributed by atoms with Crippen molar-refractivity contribution in [2.75, 3.05) is 20.8 Å². The van der Waals surface area contributed by atoms with E-state index in [2.05, 4.69) is 29.2 Å². The second kappa shape index (κ2) is 9.06. The van der Waals surface area contributed by atoms with Crippen LogP contribution in [0.15, 0.2) is 48.5 Å². The van der Waals surface area contributed by atoms with Crippen molar-refractivity contribution in [1.29, 1.82) is 0 Å². The van der Waals surface area contributed by atoms with Crippen LogP contribution in [0.5, 0.6) is 11.5 Å². The zero-order chi connectivity index (χ0) is 18.4. The predicted molar refractivity (Wildman–Crippen MR) is 103 cm³/mol. The largest absolute Gasteiger partial charge is 0.497 e. The molecular formula is C22H29NO3. The summed E-state index contributed by atoms with van der Waals surface area (Å²) in [4.78, 5) is 2.51. The lowest BCUT2D eigenvalue weighted by molar-refractivity contribution is 0.104. The van der Waals surface area contributed by atoms with E-state index in [4.69, 9.17) is 9.47 Å². The summed E-state index contributed by atoms with van der Waals surface area (Å²) in [7, 11) is 3.38. The van der Waals surface area contributed by atoms with Crippen LogP contribution in [0, 0.1) is 5.92 Å². The van der Waals surface area contributed by atoms with Gasteiger partial charge in [-0.25, -0.2) is 0 Å². The molecule has 26 heavy (non-hydrogen) atoms. The standard InChI is InChI=1S/C22H29NO3/c1-25-20-10-6-17(7-11-20)14-23(22-5-3-4-19(22)16-24)15-18-8-12-21(26-2)13-9-18/h6-13,19,22,24H,3-5,14-16H2,1-2H3/t19-,22+/m1/s1. The molecule has 0 heterocycles. The lowest BCUT2D eigenvalue weighted by atomic mass is 10.0. The third kappa shape index (κ3) is 4.57. The van der Waals surface area contributed by atoms with E-state index in [1.54, 1.807) is 14.2 Å². The van der Waals surface area contributed by atoms with Gasteiger partial charge in [0.2, 0.25) is 0 Å². The molecule has 2 aromatic carbocycles. The van der Waals surface area contributed by atoms with Crippen molar-refractivity contribution in [1.82, 2.24) is 4.90 Å². The van der Waals surface area contributed by atoms with Gasteiger partial charge in [0.05, 0.1) is 14.2 Å². The summed E-state index contributed by atoms with van der Waals surface area (Å²) >= 11 is 0. The first-order valence-corrected chi connectivity index (χ1v) is 9.34. The number of rotatable bonds is 8. The van der Waals surface area contributed by atoms with Crippen LogP contribution >= 0.6 is 0 Å². The van der Waals surface area contributed by atoms with Crippen LogP contribution in [0.25, 0.3) is 0 Å². The maximum absolute atomic E-state index is 9.79. The van der Waals surface area contributed by atoms with Gasteiger partial charge in [-0.2, -0.15) is 0 Å². The Balaban J connectivity index is 1.77. The third-order valence-electron chi connectivity index (χ3n) is 5.41. The quantitative estimate of drug-likeness (QED) is 0.781. The van der Waals surface area contributed by atoms with Crippen molar-refractivity contribution in [3.8, 4) is 11.5 Å². The molecule has 3 rings (SSSR count). The number of aliphatic hydroxyl groups excluding tert-OH is 1. The van der Waals surface area contributed by atoms with Gasteiger partial charge in [0.25, 0.3) is 0 Å². The smallest absolute Gasteiger partial charge is 0.118 e. The van der Waals surface area contributed by atoms with Gasteiger partial charge in [0.1, 0.15) is 11.5 Å². The van der Waals surface area contributed by atoms with Gasteiger partial charge in [-0.05, 0) is 54.2 Å². The van der Waals surface area contributed by atoms with Crippen LogP contribution in [-0.2, 0) is 13.1 Å². The highest BCUT2D eigenvalue weighted by Gasteiger charge is 2.31. The van der Waals surface area contributed by atoms with E-state index in [1.807, 2.05) is 24.3 Å². The highest BCUT2D eigenvalue weighted by Crippen LogP contribution is 2.32. The zero-order valence-corrected chi connectivity index (χ0v) is 15.7. The van der Waals surface area contributed by atoms with Crippen molar-refractivity contribution in [2.45, 2.75) is 38.4 Å². The summed E-state index contributed by atoms with van der Waals surface area (Å²) in [6.45, 7) is 2.01. The molecule has 0 spiro atoms. The topological polar surface area (TPSA) is 41.9 Å². The first kappa shape index (κ1) is 18.7. The molecule has 0 bridgehead atoms. The van der Waals surface area contributed by atoms with Crippen LogP contribution < -0.4 is 9.47 Å². The average molecular weight is 355 g/mol. The minimum absolute atomic E-state index is 0.270. The number of aliphatic hydroxyl groups is 1. The summed E-state index contributed by atoms with van der Waals surface area (Å²) in [5.74, 6) is 2.13. The molecule has 1 saturated carbocycles. The molecule has 140 valence electrons. The van der Waals surface area contributed by atoms with E-state index in [9.17, 15) is 5.11 Å². The Kier molecular flexibility index (Phi) is 6.53. The summed E-state index contributed by atoms with van der Waals surface area (Å²) in [5, 5.41) is 9.79. The molecule has 2 atom stereocenters. The summed E-state index contributed by atoms with van der Waals surface area (Å²) in [6.07, 6.45) is 3.46. The lowest BCUT2D eigenvalue weighted by Crippen LogP contribution is -2.38. The van der Waals surface area contributed by atoms with Gasteiger partial charge in [-0.15, -0.1) is 0 Å². The normalized spacial score (nSPS) is 19.7. The minimum Gasteiger partial charge on any atom is -0.497 e. The van der Waals surface area contributed by atoms with E-state index in [0.29, 0.717) is 12.0 Å². The minimum atomic E-state index is 0.270. The van der Waals surface area contributed by atoms with Crippen molar-refractivity contribution in [2.24, 2.45) is 5.92 Å². The Morgan fingerprint density at radius 2 is 1.35 bits per heavy atom. The zero-order valence-electron chi connectivity index (χ0n) is 15.7. The van der Waals surface area contributed by atoms with Crippen LogP contribution in [-0.4, -0.2) is 36.9 Å². The van der Waals surface area contributed by atoms with Gasteiger partial charge < -0.3 is 14.6 Å². The molecule has 0 unspecified atom stereocenters. The maximum atomic E-state index is 9.79. The van der Waals surface area contributed by atoms with Crippen LogP contribution in [0.4, 0.5) is 0 Å². The number of hydrogen-bond donors (Lipinski definition) is 1. The fraction of sp³-hybridized carbons (Fsp3) is 0.455. The molecule has 2 aromatic rings. The van der Waals surface area contributed by atoms with Crippen LogP contribution in [0.1, 0.15) is 30.4 Å². The van der Waals surface area contributed by atoms with Gasteiger partial charge in [0, 0.05) is 25.7 Å². The fourth-order valence-corrected chi connectivity index (χ4v) is 3.93. The molecule has 1 aliphatic rings. The number of hydrogen-bond acceptors (Lipinski definition) is 4. The number of ether oxygens (including phenoxy) is 2. The first-order valence-electron chi connectivity index (χ1n) is 9.34. The van der Waals surface area contributed by atoms with Gasteiger partial charge >= 0.3 is 0 Å². The number of nitrogens with zero attached hydrogens (tertiary/aromatic N) is 1. The number of methoxy groups -OCH3 is 2. The second-order valence-electron chi connectivity index (χ2n) is 7.04. The maximum Gasteiger partial charge on any atom is 0.118 e. The third-order valence-corrected chi connectivity index (χ3v) is 5.41. The first-order chi connectivity index (χ1) is 12.7. The molecule has 4 nitrogen and oxygen atoms in total. The molecule has 0 aromatic heterocycles. The Morgan fingerprint density at radius 1 is 0.846 bits per heavy atom. The Labute approximate surface area is 156 Å². The summed E-state index contributed by atoms with van der Waals surface area (Å²) < 4.78 is 10.5. The van der Waals surface area contributed by atoms with E-state index in [1.165, 1.54) is 17.5 Å². The lowest BCUT2D eigenvalue weighted by Gasteiger charge is -2.33. The van der Waals surface area contributed by atoms with E-state index in [-0.39, 0.29) is 6.61 Å². The molecule has 0 radical (unpaired) electrons. The SMILES string of the molecule is COc1ccc(CN(Cc2ccc(OC)cc2)[C@H]2CCC[C@@H]2CO)cc1. The Bertz CT molecular complexity index is 619. The summed E-state index contributed by atoms with van der Waals surface area (Å²) in [5.41, 5.74) is 2.53. The monoisotopic (exact) mass is 355 g/mol. The fourth-order valence-electron chi connectivity index (χ4n) is 3.93. The molecule has 1 fully saturated rings.